The van der Waals surface area contributed by atoms with Crippen LogP contribution in [0.5, 0.6) is 5.75 Å². The Bertz CT molecular complexity index is 755. The molecule has 7 heteroatoms. The number of nitrogens with two attached hydrogens (primary N) is 1. The lowest BCUT2D eigenvalue weighted by molar-refractivity contribution is 0.474. The van der Waals surface area contributed by atoms with Crippen molar-refractivity contribution >= 4 is 17.0 Å². The van der Waals surface area contributed by atoms with Gasteiger partial charge in [0.15, 0.2) is 11.5 Å². The molecule has 0 aliphatic heterocycles. The average molecular weight is 259 g/mol. The smallest absolute Gasteiger partial charge is 0.312 e. The summed E-state index contributed by atoms with van der Waals surface area (Å²) in [6, 6.07) is 6.77. The highest BCUT2D eigenvalue weighted by molar-refractivity contribution is 5.81. The van der Waals surface area contributed by atoms with Crippen LogP contribution in [0.25, 0.3) is 11.2 Å². The van der Waals surface area contributed by atoms with Gasteiger partial charge in [-0.25, -0.2) is 4.98 Å². The van der Waals surface area contributed by atoms with Crippen molar-refractivity contribution in [3.63, 3.8) is 0 Å². The summed E-state index contributed by atoms with van der Waals surface area (Å²) < 4.78 is 14.8. The molecule has 3 rings (SSSR count). The molecule has 0 saturated heterocycles. The number of anilines is 1. The van der Waals surface area contributed by atoms with Crippen molar-refractivity contribution in [1.29, 1.82) is 0 Å². The number of halogens is 1. The molecular formula is C12H10FN5O. The zero-order valence-corrected chi connectivity index (χ0v) is 9.79. The number of imidazole rings is 1. The lowest BCUT2D eigenvalue weighted by Crippen LogP contribution is -2.03. The molecule has 0 aliphatic carbocycles. The number of rotatable bonds is 2. The molecule has 3 aromatic rings. The Balaban J connectivity index is 2.06. The fourth-order valence-electron chi connectivity index (χ4n) is 1.91. The van der Waals surface area contributed by atoms with E-state index in [0.717, 1.165) is 5.56 Å². The third-order valence-electron chi connectivity index (χ3n) is 2.73. The van der Waals surface area contributed by atoms with Crippen molar-refractivity contribution in [2.45, 2.75) is 6.54 Å². The van der Waals surface area contributed by atoms with Crippen LogP contribution in [0.4, 0.5) is 10.2 Å². The molecule has 0 unspecified atom stereocenters. The minimum Gasteiger partial charge on any atom is -0.508 e. The first-order chi connectivity index (χ1) is 9.13. The Morgan fingerprint density at radius 3 is 2.95 bits per heavy atom. The van der Waals surface area contributed by atoms with Crippen molar-refractivity contribution in [3.05, 3.63) is 42.2 Å². The van der Waals surface area contributed by atoms with Crippen LogP contribution in [0.2, 0.25) is 0 Å². The molecular weight excluding hydrogens is 249 g/mol. The predicted octanol–water partition coefficient (Wildman–Crippen LogP) is 1.30. The van der Waals surface area contributed by atoms with E-state index in [0.29, 0.717) is 17.7 Å². The molecule has 0 saturated carbocycles. The second-order valence-electron chi connectivity index (χ2n) is 4.09. The maximum Gasteiger partial charge on any atom is 0.312 e. The number of hydrogen-bond donors (Lipinski definition) is 2. The molecule has 1 aromatic carbocycles. The molecule has 2 aromatic heterocycles. The first-order valence-corrected chi connectivity index (χ1v) is 5.55. The molecule has 0 atom stereocenters. The number of aromatic hydroxyl groups is 1. The summed E-state index contributed by atoms with van der Waals surface area (Å²) >= 11 is 0. The Labute approximate surface area is 107 Å². The number of nitrogen functional groups attached to an aromatic ring is 1. The van der Waals surface area contributed by atoms with Gasteiger partial charge in [0.2, 0.25) is 0 Å². The molecule has 0 fully saturated rings. The molecule has 0 aliphatic rings. The van der Waals surface area contributed by atoms with E-state index >= 15 is 0 Å². The number of hydrogen-bond acceptors (Lipinski definition) is 5. The van der Waals surface area contributed by atoms with Crippen LogP contribution < -0.4 is 5.73 Å². The second kappa shape index (κ2) is 4.20. The van der Waals surface area contributed by atoms with Gasteiger partial charge in [0, 0.05) is 0 Å². The third-order valence-corrected chi connectivity index (χ3v) is 2.73. The molecule has 0 bridgehead atoms. The molecule has 0 radical (unpaired) electrons. The summed E-state index contributed by atoms with van der Waals surface area (Å²) in [4.78, 5) is 11.2. The monoisotopic (exact) mass is 259 g/mol. The molecule has 96 valence electrons. The van der Waals surface area contributed by atoms with Crippen LogP contribution in [-0.4, -0.2) is 24.6 Å². The lowest BCUT2D eigenvalue weighted by atomic mass is 10.2. The van der Waals surface area contributed by atoms with Gasteiger partial charge in [-0.1, -0.05) is 12.1 Å². The summed E-state index contributed by atoms with van der Waals surface area (Å²) in [5.41, 5.74) is 7.11. The van der Waals surface area contributed by atoms with E-state index in [-0.39, 0.29) is 11.6 Å². The molecule has 2 heterocycles. The minimum atomic E-state index is -0.886. The van der Waals surface area contributed by atoms with E-state index in [9.17, 15) is 9.50 Å². The van der Waals surface area contributed by atoms with Crippen molar-refractivity contribution in [1.82, 2.24) is 19.5 Å². The van der Waals surface area contributed by atoms with Crippen LogP contribution in [0.3, 0.4) is 0 Å². The van der Waals surface area contributed by atoms with Gasteiger partial charge in [-0.3, -0.25) is 0 Å². The van der Waals surface area contributed by atoms with E-state index < -0.39 is 6.08 Å². The SMILES string of the molecule is Nc1nc(F)nc2c1ncn2Cc1cccc(O)c1. The summed E-state index contributed by atoms with van der Waals surface area (Å²) in [6.07, 6.45) is 0.627. The van der Waals surface area contributed by atoms with E-state index in [1.165, 1.54) is 6.33 Å². The number of fused-ring (bicyclic) bond motifs is 1. The largest absolute Gasteiger partial charge is 0.508 e. The topological polar surface area (TPSA) is 89.9 Å². The van der Waals surface area contributed by atoms with E-state index in [1.54, 1.807) is 22.8 Å². The Morgan fingerprint density at radius 1 is 1.32 bits per heavy atom. The van der Waals surface area contributed by atoms with Crippen LogP contribution in [-0.2, 0) is 6.54 Å². The van der Waals surface area contributed by atoms with Crippen LogP contribution >= 0.6 is 0 Å². The highest BCUT2D eigenvalue weighted by Crippen LogP contribution is 2.18. The van der Waals surface area contributed by atoms with Crippen molar-refractivity contribution in [2.24, 2.45) is 0 Å². The van der Waals surface area contributed by atoms with Gasteiger partial charge >= 0.3 is 6.08 Å². The van der Waals surface area contributed by atoms with Crippen molar-refractivity contribution in [3.8, 4) is 5.75 Å². The van der Waals surface area contributed by atoms with Crippen molar-refractivity contribution < 1.29 is 9.50 Å². The van der Waals surface area contributed by atoms with Crippen LogP contribution in [0.1, 0.15) is 5.56 Å². The Kier molecular flexibility index (Phi) is 2.52. The number of aromatic nitrogens is 4. The quantitative estimate of drug-likeness (QED) is 0.677. The van der Waals surface area contributed by atoms with Crippen LogP contribution in [0, 0.1) is 6.08 Å². The second-order valence-corrected chi connectivity index (χ2v) is 4.09. The zero-order valence-electron chi connectivity index (χ0n) is 9.79. The van der Waals surface area contributed by atoms with E-state index in [2.05, 4.69) is 15.0 Å². The molecule has 0 spiro atoms. The van der Waals surface area contributed by atoms with Gasteiger partial charge in [-0.2, -0.15) is 14.4 Å². The Morgan fingerprint density at radius 2 is 2.16 bits per heavy atom. The first kappa shape index (κ1) is 11.4. The standard InChI is InChI=1S/C12H10FN5O/c13-12-16-10(14)9-11(17-12)18(6-15-9)5-7-2-1-3-8(19)4-7/h1-4,6,19H,5H2,(H2,14,16,17). The number of phenols is 1. The number of nitrogens with zero attached hydrogens (tertiary/aromatic N) is 4. The van der Waals surface area contributed by atoms with Gasteiger partial charge in [0.25, 0.3) is 0 Å². The van der Waals surface area contributed by atoms with Gasteiger partial charge in [-0.15, -0.1) is 0 Å². The summed E-state index contributed by atoms with van der Waals surface area (Å²) in [5, 5.41) is 9.41. The molecule has 3 N–H and O–H groups in total. The highest BCUT2D eigenvalue weighted by atomic mass is 19.1. The molecule has 0 amide bonds. The average Bonchev–Trinajstić information content (AvgIpc) is 2.73. The fourth-order valence-corrected chi connectivity index (χ4v) is 1.91. The normalized spacial score (nSPS) is 11.0. The zero-order chi connectivity index (χ0) is 13.4. The van der Waals surface area contributed by atoms with E-state index in [1.807, 2.05) is 6.07 Å². The lowest BCUT2D eigenvalue weighted by Gasteiger charge is -2.04. The van der Waals surface area contributed by atoms with Gasteiger partial charge in [0.05, 0.1) is 12.9 Å². The molecule has 19 heavy (non-hydrogen) atoms. The van der Waals surface area contributed by atoms with Gasteiger partial charge in [0.1, 0.15) is 11.3 Å². The number of benzene rings is 1. The summed E-state index contributed by atoms with van der Waals surface area (Å²) in [6.45, 7) is 0.404. The maximum atomic E-state index is 13.2. The third kappa shape index (κ3) is 2.05. The predicted molar refractivity (Wildman–Crippen MR) is 66.9 cm³/mol. The summed E-state index contributed by atoms with van der Waals surface area (Å²) in [5.74, 6) is 0.180. The van der Waals surface area contributed by atoms with Gasteiger partial charge in [-0.05, 0) is 17.7 Å². The number of phenolic OH excluding ortho intramolecular Hbond substituents is 1. The first-order valence-electron chi connectivity index (χ1n) is 5.55. The van der Waals surface area contributed by atoms with Gasteiger partial charge < -0.3 is 15.4 Å². The van der Waals surface area contributed by atoms with E-state index in [4.69, 9.17) is 5.73 Å². The maximum absolute atomic E-state index is 13.2. The van der Waals surface area contributed by atoms with Crippen LogP contribution in [0.15, 0.2) is 30.6 Å². The highest BCUT2D eigenvalue weighted by Gasteiger charge is 2.11. The van der Waals surface area contributed by atoms with Crippen molar-refractivity contribution in [2.75, 3.05) is 5.73 Å². The minimum absolute atomic E-state index is 0.0113. The molecule has 6 nitrogen and oxygen atoms in total. The fraction of sp³-hybridized carbons (Fsp3) is 0.0833. The Hall–Kier alpha value is -2.70. The summed E-state index contributed by atoms with van der Waals surface area (Å²) in [7, 11) is 0.